The smallest absolute Gasteiger partial charge is 0.121 e. The van der Waals surface area contributed by atoms with Crippen molar-refractivity contribution < 1.29 is 9.15 Å². The minimum Gasteiger partial charge on any atom is -0.464 e. The van der Waals surface area contributed by atoms with Crippen molar-refractivity contribution in [3.05, 3.63) is 23.7 Å². The summed E-state index contributed by atoms with van der Waals surface area (Å²) in [6.07, 6.45) is 3.33. The lowest BCUT2D eigenvalue weighted by molar-refractivity contribution is 0.0367. The molecule has 1 N–H and O–H groups in total. The predicted octanol–water partition coefficient (Wildman–Crippen LogP) is 2.53. The molecule has 0 radical (unpaired) electrons. The van der Waals surface area contributed by atoms with Crippen LogP contribution in [0.1, 0.15) is 37.3 Å². The van der Waals surface area contributed by atoms with E-state index in [0.717, 1.165) is 37.6 Å². The van der Waals surface area contributed by atoms with E-state index >= 15 is 0 Å². The van der Waals surface area contributed by atoms with E-state index in [1.165, 1.54) is 6.42 Å². The lowest BCUT2D eigenvalue weighted by atomic mass is 9.92. The number of aryl methyl sites for hydroxylation is 1. The summed E-state index contributed by atoms with van der Waals surface area (Å²) in [5.41, 5.74) is 0. The van der Waals surface area contributed by atoms with Gasteiger partial charge in [-0.05, 0) is 32.0 Å². The molecule has 1 fully saturated rings. The van der Waals surface area contributed by atoms with Crippen molar-refractivity contribution in [3.63, 3.8) is 0 Å². The largest absolute Gasteiger partial charge is 0.464 e. The molecule has 2 unspecified atom stereocenters. The number of hydrogen-bond acceptors (Lipinski definition) is 3. The molecular formula is C13H21NO2. The Morgan fingerprint density at radius 1 is 1.50 bits per heavy atom. The third kappa shape index (κ3) is 2.47. The van der Waals surface area contributed by atoms with Crippen molar-refractivity contribution in [1.82, 2.24) is 5.32 Å². The molecule has 0 bridgehead atoms. The molecule has 16 heavy (non-hydrogen) atoms. The summed E-state index contributed by atoms with van der Waals surface area (Å²) in [5.74, 6) is 2.65. The number of hydrogen-bond donors (Lipinski definition) is 1. The molecule has 0 spiro atoms. The lowest BCUT2D eigenvalue weighted by Gasteiger charge is -2.28. The molecule has 1 aromatic heterocycles. The van der Waals surface area contributed by atoms with E-state index in [0.29, 0.717) is 12.0 Å². The van der Waals surface area contributed by atoms with Gasteiger partial charge < -0.3 is 14.5 Å². The van der Waals surface area contributed by atoms with Crippen LogP contribution >= 0.6 is 0 Å². The number of nitrogens with one attached hydrogen (secondary N) is 1. The molecule has 2 heterocycles. The number of rotatable bonds is 4. The maximum atomic E-state index is 5.82. The van der Waals surface area contributed by atoms with Crippen LogP contribution in [0.15, 0.2) is 16.5 Å². The van der Waals surface area contributed by atoms with Gasteiger partial charge in [0.2, 0.25) is 0 Å². The lowest BCUT2D eigenvalue weighted by Crippen LogP contribution is -2.31. The highest BCUT2D eigenvalue weighted by Gasteiger charge is 2.26. The Bertz CT molecular complexity index is 315. The van der Waals surface area contributed by atoms with Gasteiger partial charge in [-0.25, -0.2) is 0 Å². The fraction of sp³-hybridized carbons (Fsp3) is 0.692. The zero-order valence-corrected chi connectivity index (χ0v) is 10.2. The van der Waals surface area contributed by atoms with Crippen molar-refractivity contribution in [1.29, 1.82) is 0 Å². The summed E-state index contributed by atoms with van der Waals surface area (Å²) in [7, 11) is 1.99. The number of ether oxygens (including phenoxy) is 1. The van der Waals surface area contributed by atoms with Crippen molar-refractivity contribution in [3.8, 4) is 0 Å². The van der Waals surface area contributed by atoms with Crippen LogP contribution in [0.2, 0.25) is 0 Å². The first kappa shape index (κ1) is 11.7. The third-order valence-corrected chi connectivity index (χ3v) is 3.32. The van der Waals surface area contributed by atoms with Crippen molar-refractivity contribution >= 4 is 0 Å². The van der Waals surface area contributed by atoms with Gasteiger partial charge in [0.1, 0.15) is 11.5 Å². The van der Waals surface area contributed by atoms with Crippen molar-refractivity contribution in [2.45, 2.75) is 32.2 Å². The molecule has 2 atom stereocenters. The van der Waals surface area contributed by atoms with Crippen molar-refractivity contribution in [2.75, 3.05) is 20.3 Å². The molecule has 0 aromatic carbocycles. The molecule has 0 aliphatic carbocycles. The molecule has 0 amide bonds. The van der Waals surface area contributed by atoms with E-state index in [4.69, 9.17) is 9.15 Å². The SMILES string of the molecule is CCc1ccc(C(NC)C2CCCOC2)o1. The maximum Gasteiger partial charge on any atom is 0.121 e. The van der Waals surface area contributed by atoms with Crippen LogP contribution in [0.5, 0.6) is 0 Å². The Kier molecular flexibility index (Phi) is 4.02. The first-order valence-electron chi connectivity index (χ1n) is 6.18. The second-order valence-electron chi connectivity index (χ2n) is 4.40. The Hall–Kier alpha value is -0.800. The molecule has 90 valence electrons. The first-order valence-corrected chi connectivity index (χ1v) is 6.18. The van der Waals surface area contributed by atoms with Gasteiger partial charge in [0.05, 0.1) is 12.6 Å². The fourth-order valence-corrected chi connectivity index (χ4v) is 2.39. The summed E-state index contributed by atoms with van der Waals surface area (Å²) >= 11 is 0. The zero-order valence-electron chi connectivity index (χ0n) is 10.2. The van der Waals surface area contributed by atoms with Gasteiger partial charge in [0, 0.05) is 18.9 Å². The quantitative estimate of drug-likeness (QED) is 0.851. The van der Waals surface area contributed by atoms with Crippen LogP contribution in [-0.4, -0.2) is 20.3 Å². The maximum absolute atomic E-state index is 5.82. The van der Waals surface area contributed by atoms with Gasteiger partial charge in [-0.2, -0.15) is 0 Å². The Morgan fingerprint density at radius 3 is 2.94 bits per heavy atom. The van der Waals surface area contributed by atoms with E-state index < -0.39 is 0 Å². The Balaban J connectivity index is 2.08. The van der Waals surface area contributed by atoms with Crippen LogP contribution in [0, 0.1) is 5.92 Å². The summed E-state index contributed by atoms with van der Waals surface area (Å²) in [6.45, 7) is 3.86. The molecule has 3 heteroatoms. The van der Waals surface area contributed by atoms with Gasteiger partial charge in [0.15, 0.2) is 0 Å². The standard InChI is InChI=1S/C13H21NO2/c1-3-11-6-7-12(16-11)13(14-2)10-5-4-8-15-9-10/h6-7,10,13-14H,3-5,8-9H2,1-2H3. The van der Waals surface area contributed by atoms with Gasteiger partial charge in [-0.1, -0.05) is 6.92 Å². The van der Waals surface area contributed by atoms with Crippen LogP contribution in [0.3, 0.4) is 0 Å². The fourth-order valence-electron chi connectivity index (χ4n) is 2.39. The minimum atomic E-state index is 0.292. The van der Waals surface area contributed by atoms with Crippen molar-refractivity contribution in [2.24, 2.45) is 5.92 Å². The van der Waals surface area contributed by atoms with Crippen LogP contribution in [0.4, 0.5) is 0 Å². The summed E-state index contributed by atoms with van der Waals surface area (Å²) in [6, 6.07) is 4.46. The average molecular weight is 223 g/mol. The Labute approximate surface area is 97.2 Å². The second kappa shape index (κ2) is 5.51. The molecule has 1 saturated heterocycles. The van der Waals surface area contributed by atoms with Crippen LogP contribution < -0.4 is 5.32 Å². The van der Waals surface area contributed by atoms with E-state index in [2.05, 4.69) is 24.4 Å². The van der Waals surface area contributed by atoms with Gasteiger partial charge in [0.25, 0.3) is 0 Å². The summed E-state index contributed by atoms with van der Waals surface area (Å²) in [5, 5.41) is 3.35. The van der Waals surface area contributed by atoms with Crippen LogP contribution in [0.25, 0.3) is 0 Å². The second-order valence-corrected chi connectivity index (χ2v) is 4.40. The third-order valence-electron chi connectivity index (χ3n) is 3.32. The van der Waals surface area contributed by atoms with E-state index in [1.807, 2.05) is 7.05 Å². The topological polar surface area (TPSA) is 34.4 Å². The molecule has 0 saturated carbocycles. The molecule has 3 nitrogen and oxygen atoms in total. The first-order chi connectivity index (χ1) is 7.85. The molecular weight excluding hydrogens is 202 g/mol. The van der Waals surface area contributed by atoms with Crippen LogP contribution in [-0.2, 0) is 11.2 Å². The Morgan fingerprint density at radius 2 is 2.38 bits per heavy atom. The monoisotopic (exact) mass is 223 g/mol. The summed E-state index contributed by atoms with van der Waals surface area (Å²) < 4.78 is 11.4. The highest BCUT2D eigenvalue weighted by atomic mass is 16.5. The number of furan rings is 1. The molecule has 1 aliphatic rings. The van der Waals surface area contributed by atoms with Gasteiger partial charge >= 0.3 is 0 Å². The summed E-state index contributed by atoms with van der Waals surface area (Å²) in [4.78, 5) is 0. The van der Waals surface area contributed by atoms with Gasteiger partial charge in [-0.15, -0.1) is 0 Å². The zero-order chi connectivity index (χ0) is 11.4. The highest BCUT2D eigenvalue weighted by molar-refractivity contribution is 5.12. The average Bonchev–Trinajstić information content (AvgIpc) is 2.80. The van der Waals surface area contributed by atoms with E-state index in [-0.39, 0.29) is 0 Å². The molecule has 1 aromatic rings. The van der Waals surface area contributed by atoms with Gasteiger partial charge in [-0.3, -0.25) is 0 Å². The minimum absolute atomic E-state index is 0.292. The molecule has 2 rings (SSSR count). The van der Waals surface area contributed by atoms with E-state index in [1.54, 1.807) is 0 Å². The molecule has 1 aliphatic heterocycles. The normalized spacial score (nSPS) is 23.2. The predicted molar refractivity (Wildman–Crippen MR) is 63.4 cm³/mol. The highest BCUT2D eigenvalue weighted by Crippen LogP contribution is 2.29. The van der Waals surface area contributed by atoms with E-state index in [9.17, 15) is 0 Å².